The van der Waals surface area contributed by atoms with Crippen LogP contribution in [0.4, 0.5) is 5.69 Å². The molecular weight excluding hydrogens is 208 g/mol. The molecule has 0 aromatic heterocycles. The van der Waals surface area contributed by atoms with Gasteiger partial charge in [0, 0.05) is 24.8 Å². The Balaban J connectivity index is 2.10. The molecule has 1 aromatic carbocycles. The molecule has 0 heterocycles. The van der Waals surface area contributed by atoms with Gasteiger partial charge < -0.3 is 10.6 Å². The zero-order valence-corrected chi connectivity index (χ0v) is 11.2. The maximum Gasteiger partial charge on any atom is 0.0371 e. The minimum absolute atomic E-state index is 0.430. The van der Waals surface area contributed by atoms with Crippen LogP contribution in [0, 0.1) is 13.8 Å². The fraction of sp³-hybridized carbons (Fsp3) is 0.600. The Morgan fingerprint density at radius 1 is 1.00 bits per heavy atom. The molecule has 1 saturated carbocycles. The smallest absolute Gasteiger partial charge is 0.0371 e. The van der Waals surface area contributed by atoms with Crippen molar-refractivity contribution >= 4 is 5.69 Å². The summed E-state index contributed by atoms with van der Waals surface area (Å²) in [6.07, 6.45) is 4.79. The molecule has 2 nitrogen and oxygen atoms in total. The standard InChI is InChI=1S/C15H24N2/c1-11-8-12(2)10-15(9-11)17(3)14-6-4-13(16)5-7-14/h8-10,13-14H,4-7,16H2,1-3H3. The molecule has 0 bridgehead atoms. The Hall–Kier alpha value is -1.02. The Morgan fingerprint density at radius 2 is 1.53 bits per heavy atom. The highest BCUT2D eigenvalue weighted by molar-refractivity contribution is 5.51. The van der Waals surface area contributed by atoms with Crippen LogP contribution in [0.5, 0.6) is 0 Å². The van der Waals surface area contributed by atoms with Crippen LogP contribution in [0.15, 0.2) is 18.2 Å². The number of hydrogen-bond acceptors (Lipinski definition) is 2. The molecule has 1 fully saturated rings. The molecule has 0 saturated heterocycles. The molecule has 2 N–H and O–H groups in total. The molecule has 0 spiro atoms. The molecule has 0 amide bonds. The maximum atomic E-state index is 5.97. The highest BCUT2D eigenvalue weighted by Gasteiger charge is 2.22. The van der Waals surface area contributed by atoms with Gasteiger partial charge in [0.05, 0.1) is 0 Å². The number of anilines is 1. The van der Waals surface area contributed by atoms with E-state index in [0.717, 1.165) is 0 Å². The van der Waals surface area contributed by atoms with Crippen molar-refractivity contribution in [2.45, 2.75) is 51.6 Å². The molecule has 1 aliphatic carbocycles. The van der Waals surface area contributed by atoms with Crippen molar-refractivity contribution < 1.29 is 0 Å². The molecule has 1 aliphatic rings. The molecule has 2 heteroatoms. The lowest BCUT2D eigenvalue weighted by molar-refractivity contribution is 0.385. The number of aryl methyl sites for hydroxylation is 2. The second-order valence-corrected chi connectivity index (χ2v) is 5.53. The van der Waals surface area contributed by atoms with Gasteiger partial charge in [-0.2, -0.15) is 0 Å². The van der Waals surface area contributed by atoms with Gasteiger partial charge in [-0.3, -0.25) is 0 Å². The molecule has 17 heavy (non-hydrogen) atoms. The van der Waals surface area contributed by atoms with Crippen LogP contribution in [-0.4, -0.2) is 19.1 Å². The number of rotatable bonds is 2. The summed E-state index contributed by atoms with van der Waals surface area (Å²) >= 11 is 0. The quantitative estimate of drug-likeness (QED) is 0.849. The monoisotopic (exact) mass is 232 g/mol. The molecular formula is C15H24N2. The zero-order valence-electron chi connectivity index (χ0n) is 11.2. The highest BCUT2D eigenvalue weighted by Crippen LogP contribution is 2.27. The Bertz CT molecular complexity index is 358. The van der Waals surface area contributed by atoms with Gasteiger partial charge in [0.1, 0.15) is 0 Å². The summed E-state index contributed by atoms with van der Waals surface area (Å²) < 4.78 is 0. The van der Waals surface area contributed by atoms with Gasteiger partial charge in [-0.15, -0.1) is 0 Å². The second-order valence-electron chi connectivity index (χ2n) is 5.53. The van der Waals surface area contributed by atoms with Gasteiger partial charge in [0.2, 0.25) is 0 Å². The van der Waals surface area contributed by atoms with Crippen LogP contribution in [-0.2, 0) is 0 Å². The van der Waals surface area contributed by atoms with E-state index in [0.29, 0.717) is 12.1 Å². The molecule has 2 rings (SSSR count). The lowest BCUT2D eigenvalue weighted by Gasteiger charge is -2.35. The Kier molecular flexibility index (Phi) is 3.72. The molecule has 94 valence electrons. The zero-order chi connectivity index (χ0) is 12.4. The first kappa shape index (κ1) is 12.4. The molecule has 0 radical (unpaired) electrons. The number of hydrogen-bond donors (Lipinski definition) is 1. The largest absolute Gasteiger partial charge is 0.372 e. The summed E-state index contributed by atoms with van der Waals surface area (Å²) in [5.74, 6) is 0. The van der Waals surface area contributed by atoms with Crippen LogP contribution in [0.25, 0.3) is 0 Å². The SMILES string of the molecule is Cc1cc(C)cc(N(C)C2CCC(N)CC2)c1. The summed E-state index contributed by atoms with van der Waals surface area (Å²) in [5.41, 5.74) is 10.0. The van der Waals surface area contributed by atoms with Crippen LogP contribution in [0.2, 0.25) is 0 Å². The minimum atomic E-state index is 0.430. The molecule has 0 aliphatic heterocycles. The van der Waals surface area contributed by atoms with Crippen LogP contribution in [0.3, 0.4) is 0 Å². The average molecular weight is 232 g/mol. The Labute approximate surface area is 105 Å². The predicted octanol–water partition coefficient (Wildman–Crippen LogP) is 3.01. The van der Waals surface area contributed by atoms with Gasteiger partial charge in [-0.25, -0.2) is 0 Å². The van der Waals surface area contributed by atoms with E-state index in [4.69, 9.17) is 5.73 Å². The third kappa shape index (κ3) is 3.01. The van der Waals surface area contributed by atoms with Gasteiger partial charge in [0.15, 0.2) is 0 Å². The van der Waals surface area contributed by atoms with Crippen LogP contribution < -0.4 is 10.6 Å². The predicted molar refractivity (Wildman–Crippen MR) is 74.6 cm³/mol. The first-order valence-corrected chi connectivity index (χ1v) is 6.63. The summed E-state index contributed by atoms with van der Waals surface area (Å²) in [6.45, 7) is 4.34. The van der Waals surface area contributed by atoms with E-state index in [1.54, 1.807) is 0 Å². The van der Waals surface area contributed by atoms with E-state index in [9.17, 15) is 0 Å². The highest BCUT2D eigenvalue weighted by atomic mass is 15.1. The van der Waals surface area contributed by atoms with E-state index < -0.39 is 0 Å². The van der Waals surface area contributed by atoms with Gasteiger partial charge >= 0.3 is 0 Å². The first-order valence-electron chi connectivity index (χ1n) is 6.63. The van der Waals surface area contributed by atoms with Crippen molar-refractivity contribution in [3.63, 3.8) is 0 Å². The second kappa shape index (κ2) is 5.09. The van der Waals surface area contributed by atoms with Crippen molar-refractivity contribution in [2.24, 2.45) is 5.73 Å². The average Bonchev–Trinajstić information content (AvgIpc) is 2.28. The van der Waals surface area contributed by atoms with Crippen LogP contribution in [0.1, 0.15) is 36.8 Å². The molecule has 0 unspecified atom stereocenters. The van der Waals surface area contributed by atoms with E-state index in [1.165, 1.54) is 42.5 Å². The summed E-state index contributed by atoms with van der Waals surface area (Å²) in [7, 11) is 2.22. The molecule has 0 atom stereocenters. The van der Waals surface area contributed by atoms with E-state index in [1.807, 2.05) is 0 Å². The van der Waals surface area contributed by atoms with E-state index in [2.05, 4.69) is 44.0 Å². The molecule has 1 aromatic rings. The normalized spacial score (nSPS) is 24.7. The van der Waals surface area contributed by atoms with Crippen LogP contribution >= 0.6 is 0 Å². The Morgan fingerprint density at radius 3 is 2.06 bits per heavy atom. The maximum absolute atomic E-state index is 5.97. The number of nitrogens with two attached hydrogens (primary N) is 1. The number of benzene rings is 1. The van der Waals surface area contributed by atoms with Gasteiger partial charge in [-0.05, 0) is 62.8 Å². The number of nitrogens with zero attached hydrogens (tertiary/aromatic N) is 1. The van der Waals surface area contributed by atoms with Crippen molar-refractivity contribution in [3.8, 4) is 0 Å². The van der Waals surface area contributed by atoms with Crippen molar-refractivity contribution in [1.29, 1.82) is 0 Å². The summed E-state index contributed by atoms with van der Waals surface area (Å²) in [5, 5.41) is 0. The fourth-order valence-corrected chi connectivity index (χ4v) is 2.85. The fourth-order valence-electron chi connectivity index (χ4n) is 2.85. The first-order chi connectivity index (χ1) is 8.06. The van der Waals surface area contributed by atoms with E-state index in [-0.39, 0.29) is 0 Å². The van der Waals surface area contributed by atoms with Gasteiger partial charge in [-0.1, -0.05) is 6.07 Å². The lowest BCUT2D eigenvalue weighted by atomic mass is 9.90. The van der Waals surface area contributed by atoms with Gasteiger partial charge in [0.25, 0.3) is 0 Å². The van der Waals surface area contributed by atoms with Crippen molar-refractivity contribution in [3.05, 3.63) is 29.3 Å². The lowest BCUT2D eigenvalue weighted by Crippen LogP contribution is -2.38. The minimum Gasteiger partial charge on any atom is -0.372 e. The van der Waals surface area contributed by atoms with E-state index >= 15 is 0 Å². The third-order valence-corrected chi connectivity index (χ3v) is 3.90. The van der Waals surface area contributed by atoms with Crippen molar-refractivity contribution in [2.75, 3.05) is 11.9 Å². The van der Waals surface area contributed by atoms with Crippen molar-refractivity contribution in [1.82, 2.24) is 0 Å². The topological polar surface area (TPSA) is 29.3 Å². The summed E-state index contributed by atoms with van der Waals surface area (Å²) in [4.78, 5) is 2.44. The summed E-state index contributed by atoms with van der Waals surface area (Å²) in [6, 6.07) is 7.88. The third-order valence-electron chi connectivity index (χ3n) is 3.90.